The van der Waals surface area contributed by atoms with E-state index in [-0.39, 0.29) is 24.8 Å². The number of pyridine rings is 1. The summed E-state index contributed by atoms with van der Waals surface area (Å²) >= 11 is 0. The minimum atomic E-state index is -1.63. The van der Waals surface area contributed by atoms with Gasteiger partial charge in [0.1, 0.15) is 22.7 Å². The van der Waals surface area contributed by atoms with Crippen molar-refractivity contribution in [2.75, 3.05) is 13.7 Å². The number of amides is 4. The Hall–Kier alpha value is -4.81. The second kappa shape index (κ2) is 7.10. The lowest BCUT2D eigenvalue weighted by Gasteiger charge is -2.28. The Morgan fingerprint density at radius 1 is 1.18 bits per heavy atom. The fourth-order valence-corrected chi connectivity index (χ4v) is 4.27. The molecule has 0 saturated carbocycles. The van der Waals surface area contributed by atoms with E-state index >= 15 is 0 Å². The monoisotopic (exact) mass is 460 g/mol. The minimum Gasteiger partial charge on any atom is -0.497 e. The summed E-state index contributed by atoms with van der Waals surface area (Å²) in [4.78, 5) is 44.3. The summed E-state index contributed by atoms with van der Waals surface area (Å²) in [6.07, 6.45) is 0. The van der Waals surface area contributed by atoms with E-state index in [1.54, 1.807) is 36.4 Å². The first-order valence-electron chi connectivity index (χ1n) is 10.2. The number of tetrazole rings is 1. The lowest BCUT2D eigenvalue weighted by atomic mass is 9.95. The van der Waals surface area contributed by atoms with E-state index in [0.29, 0.717) is 33.9 Å². The normalized spacial score (nSPS) is 19.4. The molecular formula is C21H16N8O5. The lowest BCUT2D eigenvalue weighted by Crippen LogP contribution is -2.52. The van der Waals surface area contributed by atoms with Crippen LogP contribution in [0.3, 0.4) is 0 Å². The zero-order chi connectivity index (χ0) is 23.4. The maximum Gasteiger partial charge on any atom is 0.322 e. The summed E-state index contributed by atoms with van der Waals surface area (Å²) in [6.45, 7) is 0.128. The highest BCUT2D eigenvalue weighted by molar-refractivity contribution is 6.08. The minimum absolute atomic E-state index is 0.140. The molecule has 0 bridgehead atoms. The van der Waals surface area contributed by atoms with Crippen molar-refractivity contribution in [2.24, 2.45) is 0 Å². The third-order valence-corrected chi connectivity index (χ3v) is 5.95. The number of aromatic nitrogens is 5. The van der Waals surface area contributed by atoms with Gasteiger partial charge in [0.15, 0.2) is 16.9 Å². The topological polar surface area (TPSA) is 168 Å². The Morgan fingerprint density at radius 3 is 2.79 bits per heavy atom. The molecule has 0 radical (unpaired) electrons. The number of hydrogen-bond donors (Lipinski definition) is 3. The molecule has 34 heavy (non-hydrogen) atoms. The summed E-state index contributed by atoms with van der Waals surface area (Å²) in [5, 5.41) is 18.5. The van der Waals surface area contributed by atoms with E-state index in [1.165, 1.54) is 12.0 Å². The van der Waals surface area contributed by atoms with Gasteiger partial charge < -0.3 is 19.4 Å². The second-order valence-corrected chi connectivity index (χ2v) is 7.94. The first-order valence-corrected chi connectivity index (χ1v) is 10.2. The molecule has 0 aliphatic carbocycles. The standard InChI is InChI=1S/C21H16N8O5/c1-33-11-3-2-10-8-29(18(30)12(10)6-11)9-21(19(31)23-20(32)24-21)16-7-14-15(34-16)5-4-13(22-14)17-25-27-28-26-17/h2-7H,8-9H2,1H3,(H2,23,24,31,32)(H,25,26,27,28)/t21-/m0/s1. The van der Waals surface area contributed by atoms with Crippen molar-refractivity contribution < 1.29 is 23.5 Å². The Labute approximate surface area is 190 Å². The molecule has 13 heteroatoms. The molecule has 1 aromatic carbocycles. The molecule has 2 aliphatic rings. The van der Waals surface area contributed by atoms with Gasteiger partial charge >= 0.3 is 6.03 Å². The van der Waals surface area contributed by atoms with Crippen molar-refractivity contribution in [1.29, 1.82) is 0 Å². The zero-order valence-electron chi connectivity index (χ0n) is 17.7. The summed E-state index contributed by atoms with van der Waals surface area (Å²) in [5.74, 6) is 0.153. The number of urea groups is 1. The molecule has 0 unspecified atom stereocenters. The first kappa shape index (κ1) is 19.8. The fraction of sp³-hybridized carbons (Fsp3) is 0.190. The highest BCUT2D eigenvalue weighted by Crippen LogP contribution is 2.35. The van der Waals surface area contributed by atoms with Gasteiger partial charge in [0.2, 0.25) is 0 Å². The third-order valence-electron chi connectivity index (χ3n) is 5.95. The molecule has 2 aliphatic heterocycles. The number of carbonyl (C=O) groups is 3. The average Bonchev–Trinajstić information content (AvgIpc) is 3.61. The second-order valence-electron chi connectivity index (χ2n) is 7.94. The SMILES string of the molecule is COc1ccc2c(c1)C(=O)N(C[C@@]1(c3cc4nc(-c5nnn[nH]5)ccc4o3)NC(=O)NC1=O)C2. The summed E-state index contributed by atoms with van der Waals surface area (Å²) < 4.78 is 11.2. The number of nitrogens with one attached hydrogen (secondary N) is 3. The number of ether oxygens (including phenoxy) is 1. The average molecular weight is 460 g/mol. The zero-order valence-corrected chi connectivity index (χ0v) is 17.7. The predicted molar refractivity (Wildman–Crippen MR) is 113 cm³/mol. The molecule has 1 saturated heterocycles. The van der Waals surface area contributed by atoms with Crippen LogP contribution in [-0.2, 0) is 16.9 Å². The van der Waals surface area contributed by atoms with Gasteiger partial charge in [-0.3, -0.25) is 14.9 Å². The van der Waals surface area contributed by atoms with Crippen LogP contribution in [0.25, 0.3) is 22.6 Å². The third kappa shape index (κ3) is 2.90. The maximum absolute atomic E-state index is 13.1. The van der Waals surface area contributed by atoms with Gasteiger partial charge in [0.25, 0.3) is 11.8 Å². The molecule has 3 aromatic heterocycles. The summed E-state index contributed by atoms with van der Waals surface area (Å²) in [5.41, 5.74) is 0.933. The van der Waals surface area contributed by atoms with E-state index in [1.807, 2.05) is 0 Å². The summed E-state index contributed by atoms with van der Waals surface area (Å²) in [6, 6.07) is 9.42. The Balaban J connectivity index is 1.39. The molecule has 1 fully saturated rings. The number of H-pyrrole nitrogens is 1. The van der Waals surface area contributed by atoms with E-state index in [0.717, 1.165) is 5.56 Å². The predicted octanol–water partition coefficient (Wildman–Crippen LogP) is 0.707. The van der Waals surface area contributed by atoms with Crippen LogP contribution in [0.2, 0.25) is 0 Å². The van der Waals surface area contributed by atoms with E-state index in [4.69, 9.17) is 9.15 Å². The van der Waals surface area contributed by atoms with Crippen LogP contribution in [0, 0.1) is 0 Å². The molecule has 4 aromatic rings. The van der Waals surface area contributed by atoms with E-state index < -0.39 is 17.5 Å². The van der Waals surface area contributed by atoms with Crippen LogP contribution in [0.5, 0.6) is 5.75 Å². The van der Waals surface area contributed by atoms with Crippen molar-refractivity contribution in [3.05, 3.63) is 53.3 Å². The molecule has 170 valence electrons. The van der Waals surface area contributed by atoms with Crippen molar-refractivity contribution in [3.63, 3.8) is 0 Å². The number of furan rings is 1. The first-order chi connectivity index (χ1) is 16.5. The van der Waals surface area contributed by atoms with Gasteiger partial charge in [-0.2, -0.15) is 0 Å². The van der Waals surface area contributed by atoms with E-state index in [9.17, 15) is 14.4 Å². The van der Waals surface area contributed by atoms with Gasteiger partial charge in [0, 0.05) is 18.2 Å². The van der Waals surface area contributed by atoms with Crippen molar-refractivity contribution in [3.8, 4) is 17.3 Å². The molecule has 5 heterocycles. The number of methoxy groups -OCH3 is 1. The van der Waals surface area contributed by atoms with Crippen LogP contribution < -0.4 is 15.4 Å². The molecule has 6 rings (SSSR count). The number of hydrogen-bond acceptors (Lipinski definition) is 9. The van der Waals surface area contributed by atoms with Gasteiger partial charge in [-0.25, -0.2) is 14.9 Å². The van der Waals surface area contributed by atoms with Crippen molar-refractivity contribution >= 4 is 28.9 Å². The number of fused-ring (bicyclic) bond motifs is 2. The number of imide groups is 1. The number of rotatable bonds is 5. The summed E-state index contributed by atoms with van der Waals surface area (Å²) in [7, 11) is 1.52. The van der Waals surface area contributed by atoms with Crippen LogP contribution >= 0.6 is 0 Å². The molecule has 0 spiro atoms. The molecule has 13 nitrogen and oxygen atoms in total. The highest BCUT2D eigenvalue weighted by atomic mass is 16.5. The van der Waals surface area contributed by atoms with Gasteiger partial charge in [-0.05, 0) is 40.3 Å². The molecule has 3 N–H and O–H groups in total. The smallest absolute Gasteiger partial charge is 0.322 e. The van der Waals surface area contributed by atoms with E-state index in [2.05, 4.69) is 36.2 Å². The van der Waals surface area contributed by atoms with Crippen molar-refractivity contribution in [1.82, 2.24) is 41.1 Å². The molecule has 1 atom stereocenters. The lowest BCUT2D eigenvalue weighted by molar-refractivity contribution is -0.125. The fourth-order valence-electron chi connectivity index (χ4n) is 4.27. The van der Waals surface area contributed by atoms with Crippen LogP contribution in [-0.4, -0.2) is 62.0 Å². The van der Waals surface area contributed by atoms with Crippen molar-refractivity contribution in [2.45, 2.75) is 12.1 Å². The van der Waals surface area contributed by atoms with Gasteiger partial charge in [-0.15, -0.1) is 5.10 Å². The Bertz CT molecular complexity index is 1480. The van der Waals surface area contributed by atoms with Gasteiger partial charge in [0.05, 0.1) is 13.7 Å². The number of benzene rings is 1. The number of nitrogens with zero attached hydrogens (tertiary/aromatic N) is 5. The quantitative estimate of drug-likeness (QED) is 0.363. The Kier molecular flexibility index (Phi) is 4.14. The van der Waals surface area contributed by atoms with Crippen LogP contribution in [0.1, 0.15) is 21.7 Å². The Morgan fingerprint density at radius 2 is 2.06 bits per heavy atom. The van der Waals surface area contributed by atoms with Crippen LogP contribution in [0.4, 0.5) is 4.79 Å². The van der Waals surface area contributed by atoms with Crippen LogP contribution in [0.15, 0.2) is 40.8 Å². The number of aromatic amines is 1. The molecule has 4 amide bonds. The number of carbonyl (C=O) groups excluding carboxylic acids is 3. The molecular weight excluding hydrogens is 444 g/mol. The largest absolute Gasteiger partial charge is 0.497 e. The van der Waals surface area contributed by atoms with Gasteiger partial charge in [-0.1, -0.05) is 6.07 Å². The maximum atomic E-state index is 13.1. The highest BCUT2D eigenvalue weighted by Gasteiger charge is 2.53.